The molecular formula is C5H16Si2. The van der Waals surface area contributed by atoms with Crippen molar-refractivity contribution in [1.82, 2.24) is 0 Å². The molecule has 0 rings (SSSR count). The first-order valence-corrected chi connectivity index (χ1v) is 9.89. The van der Waals surface area contributed by atoms with E-state index in [2.05, 4.69) is 26.6 Å². The molecule has 0 saturated carbocycles. The maximum atomic E-state index is 2.47. The van der Waals surface area contributed by atoms with Crippen LogP contribution in [0, 0.1) is 0 Å². The molecular weight excluding hydrogens is 116 g/mol. The molecule has 0 amide bonds. The van der Waals surface area contributed by atoms with Crippen LogP contribution in [0.1, 0.15) is 6.92 Å². The highest BCUT2D eigenvalue weighted by Gasteiger charge is 2.09. The molecule has 0 aromatic rings. The van der Waals surface area contributed by atoms with E-state index >= 15 is 0 Å². The van der Waals surface area contributed by atoms with Crippen LogP contribution in [0.5, 0.6) is 0 Å². The van der Waals surface area contributed by atoms with Gasteiger partial charge in [-0.15, -0.1) is 0 Å². The van der Waals surface area contributed by atoms with Crippen molar-refractivity contribution in [3.63, 3.8) is 0 Å². The van der Waals surface area contributed by atoms with Crippen LogP contribution in [0.2, 0.25) is 25.7 Å². The third-order valence-electron chi connectivity index (χ3n) is 1.000. The van der Waals surface area contributed by atoms with Crippen LogP contribution < -0.4 is 0 Å². The van der Waals surface area contributed by atoms with Gasteiger partial charge in [0.2, 0.25) is 0 Å². The molecule has 0 aliphatic rings. The Morgan fingerprint density at radius 1 is 1.29 bits per heavy atom. The topological polar surface area (TPSA) is 0 Å². The summed E-state index contributed by atoms with van der Waals surface area (Å²) in [7, 11) is -0.119. The summed E-state index contributed by atoms with van der Waals surface area (Å²) in [5.74, 6) is 0. The Hall–Kier alpha value is 0.434. The van der Waals surface area contributed by atoms with Crippen molar-refractivity contribution >= 4 is 16.6 Å². The molecule has 0 fully saturated rings. The molecule has 0 N–H and O–H groups in total. The summed E-state index contributed by atoms with van der Waals surface area (Å²) >= 11 is 0. The average Bonchev–Trinajstić information content (AvgIpc) is 1.30. The third-order valence-corrected chi connectivity index (χ3v) is 9.00. The van der Waals surface area contributed by atoms with E-state index in [1.807, 2.05) is 0 Å². The van der Waals surface area contributed by atoms with Gasteiger partial charge < -0.3 is 0 Å². The van der Waals surface area contributed by atoms with E-state index in [0.717, 1.165) is 0 Å². The van der Waals surface area contributed by atoms with Crippen LogP contribution in [0.15, 0.2) is 0 Å². The molecule has 0 heterocycles. The maximum absolute atomic E-state index is 2.47. The zero-order valence-electron chi connectivity index (χ0n) is 5.91. The molecule has 0 atom stereocenters. The maximum Gasteiger partial charge on any atom is 0.0310 e. The Morgan fingerprint density at radius 3 is 1.71 bits per heavy atom. The Bertz CT molecular complexity index is 44.5. The highest BCUT2D eigenvalue weighted by atomic mass is 29.2. The molecule has 0 unspecified atom stereocenters. The lowest BCUT2D eigenvalue weighted by Gasteiger charge is -2.11. The van der Waals surface area contributed by atoms with Gasteiger partial charge in [-0.2, -0.15) is 0 Å². The molecule has 0 aliphatic carbocycles. The summed E-state index contributed by atoms with van der Waals surface area (Å²) in [6.07, 6.45) is 0. The van der Waals surface area contributed by atoms with E-state index in [0.29, 0.717) is 9.04 Å². The smallest absolute Gasteiger partial charge is 0.0310 e. The molecule has 0 saturated heterocycles. The van der Waals surface area contributed by atoms with Crippen molar-refractivity contribution in [2.24, 2.45) is 0 Å². The molecule has 0 nitrogen and oxygen atoms in total. The summed E-state index contributed by atoms with van der Waals surface area (Å²) in [5.41, 5.74) is 0. The van der Waals surface area contributed by atoms with Crippen molar-refractivity contribution in [1.29, 1.82) is 0 Å². The highest BCUT2D eigenvalue weighted by molar-refractivity contribution is 7.22. The largest absolute Gasteiger partial charge is 0.0720 e. The van der Waals surface area contributed by atoms with E-state index in [1.54, 1.807) is 0 Å². The summed E-state index contributed by atoms with van der Waals surface area (Å²) < 4.78 is 0. The van der Waals surface area contributed by atoms with Crippen molar-refractivity contribution in [3.8, 4) is 0 Å². The normalized spacial score (nSPS) is 13.7. The minimum Gasteiger partial charge on any atom is -0.0720 e. The molecule has 0 aromatic heterocycles. The standard InChI is InChI=1S/C5H16Si2/c1-5-6-7(2,3)4/h5-6H2,1-4H3. The third kappa shape index (κ3) is 6.43. The minimum atomic E-state index is -0.518. The van der Waals surface area contributed by atoms with Crippen LogP contribution in [-0.2, 0) is 0 Å². The lowest BCUT2D eigenvalue weighted by atomic mass is 11.0. The molecule has 2 heteroatoms. The van der Waals surface area contributed by atoms with Gasteiger partial charge in [-0.05, 0) is 0 Å². The fourth-order valence-corrected chi connectivity index (χ4v) is 6.75. The first-order valence-electron chi connectivity index (χ1n) is 3.06. The summed E-state index contributed by atoms with van der Waals surface area (Å²) in [6, 6.07) is 1.51. The summed E-state index contributed by atoms with van der Waals surface area (Å²) in [4.78, 5) is 0. The van der Waals surface area contributed by atoms with Crippen molar-refractivity contribution in [2.45, 2.75) is 32.6 Å². The van der Waals surface area contributed by atoms with Crippen molar-refractivity contribution < 1.29 is 0 Å². The lowest BCUT2D eigenvalue weighted by Crippen LogP contribution is -2.28. The molecule has 0 spiro atoms. The number of hydrogen-bond acceptors (Lipinski definition) is 0. The van der Waals surface area contributed by atoms with E-state index < -0.39 is 7.59 Å². The van der Waals surface area contributed by atoms with Gasteiger partial charge in [0.15, 0.2) is 0 Å². The van der Waals surface area contributed by atoms with Gasteiger partial charge in [-0.25, -0.2) is 0 Å². The Kier molecular flexibility index (Phi) is 2.84. The second kappa shape index (κ2) is 2.67. The van der Waals surface area contributed by atoms with Gasteiger partial charge >= 0.3 is 0 Å². The van der Waals surface area contributed by atoms with Crippen LogP contribution in [0.25, 0.3) is 0 Å². The van der Waals surface area contributed by atoms with Gasteiger partial charge in [0.25, 0.3) is 0 Å². The molecule has 7 heavy (non-hydrogen) atoms. The molecule has 0 radical (unpaired) electrons. The van der Waals surface area contributed by atoms with Crippen LogP contribution in [-0.4, -0.2) is 16.6 Å². The van der Waals surface area contributed by atoms with E-state index in [9.17, 15) is 0 Å². The SMILES string of the molecule is CC[SiH2][Si](C)(C)C. The Balaban J connectivity index is 3.15. The van der Waals surface area contributed by atoms with Crippen molar-refractivity contribution in [2.75, 3.05) is 0 Å². The molecule has 0 aromatic carbocycles. The van der Waals surface area contributed by atoms with Gasteiger partial charge in [0, 0.05) is 16.6 Å². The Labute approximate surface area is 49.9 Å². The van der Waals surface area contributed by atoms with E-state index in [-0.39, 0.29) is 0 Å². The predicted octanol–water partition coefficient (Wildman–Crippen LogP) is 1.43. The molecule has 0 aliphatic heterocycles. The van der Waals surface area contributed by atoms with Crippen LogP contribution in [0.4, 0.5) is 0 Å². The quantitative estimate of drug-likeness (QED) is 0.499. The zero-order chi connectivity index (χ0) is 5.91. The summed E-state index contributed by atoms with van der Waals surface area (Å²) in [6.45, 7) is 9.75. The van der Waals surface area contributed by atoms with E-state index in [4.69, 9.17) is 0 Å². The second-order valence-electron chi connectivity index (χ2n) is 3.31. The summed E-state index contributed by atoms with van der Waals surface area (Å²) in [5, 5.41) is 0. The first kappa shape index (κ1) is 7.43. The number of hydrogen-bond donors (Lipinski definition) is 0. The predicted molar refractivity (Wildman–Crippen MR) is 42.4 cm³/mol. The fraction of sp³-hybridized carbons (Fsp3) is 1.00. The highest BCUT2D eigenvalue weighted by Crippen LogP contribution is 1.98. The van der Waals surface area contributed by atoms with E-state index in [1.165, 1.54) is 6.04 Å². The number of rotatable bonds is 2. The van der Waals surface area contributed by atoms with Gasteiger partial charge in [0.05, 0.1) is 0 Å². The molecule has 0 bridgehead atoms. The fourth-order valence-electron chi connectivity index (χ4n) is 0.750. The van der Waals surface area contributed by atoms with Gasteiger partial charge in [0.1, 0.15) is 0 Å². The Morgan fingerprint density at radius 2 is 1.71 bits per heavy atom. The van der Waals surface area contributed by atoms with Crippen LogP contribution in [0.3, 0.4) is 0 Å². The zero-order valence-corrected chi connectivity index (χ0v) is 8.33. The average molecular weight is 132 g/mol. The first-order chi connectivity index (χ1) is 3.06. The second-order valence-corrected chi connectivity index (χ2v) is 17.8. The van der Waals surface area contributed by atoms with Gasteiger partial charge in [-0.3, -0.25) is 0 Å². The lowest BCUT2D eigenvalue weighted by molar-refractivity contribution is 1.46. The van der Waals surface area contributed by atoms with Gasteiger partial charge in [-0.1, -0.05) is 32.6 Å². The molecule has 44 valence electrons. The minimum absolute atomic E-state index is 0.399. The van der Waals surface area contributed by atoms with Crippen LogP contribution >= 0.6 is 0 Å². The van der Waals surface area contributed by atoms with Crippen molar-refractivity contribution in [3.05, 3.63) is 0 Å². The monoisotopic (exact) mass is 132 g/mol.